The minimum absolute atomic E-state index is 0.0124. The normalized spacial score (nSPS) is 13.5. The summed E-state index contributed by atoms with van der Waals surface area (Å²) >= 11 is 0. The van der Waals surface area contributed by atoms with E-state index >= 15 is 0 Å². The van der Waals surface area contributed by atoms with Crippen LogP contribution in [0.15, 0.2) is 18.2 Å². The highest BCUT2D eigenvalue weighted by Gasteiger charge is 2.19. The summed E-state index contributed by atoms with van der Waals surface area (Å²) in [6.07, 6.45) is 1.89. The van der Waals surface area contributed by atoms with Crippen LogP contribution in [-0.2, 0) is 12.8 Å². The van der Waals surface area contributed by atoms with Gasteiger partial charge in [-0.2, -0.15) is 0 Å². The van der Waals surface area contributed by atoms with Crippen molar-refractivity contribution in [3.8, 4) is 5.75 Å². The quantitative estimate of drug-likeness (QED) is 0.549. The Balaban J connectivity index is 1.99. The van der Waals surface area contributed by atoms with Gasteiger partial charge < -0.3 is 27.6 Å². The van der Waals surface area contributed by atoms with Gasteiger partial charge in [-0.3, -0.25) is 0 Å². The van der Waals surface area contributed by atoms with Crippen LogP contribution in [0.25, 0.3) is 0 Å². The molecule has 8 N–H and O–H groups in total. The molecule has 0 saturated heterocycles. The van der Waals surface area contributed by atoms with Crippen molar-refractivity contribution in [3.63, 3.8) is 0 Å². The molecular formula is C15H18FN5O. The van der Waals surface area contributed by atoms with E-state index in [1.807, 2.05) is 0 Å². The fourth-order valence-corrected chi connectivity index (χ4v) is 2.80. The molecule has 1 aromatic heterocycles. The third-order valence-corrected chi connectivity index (χ3v) is 3.85. The first kappa shape index (κ1) is 14.6. The highest BCUT2D eigenvalue weighted by Crippen LogP contribution is 2.35. The minimum atomic E-state index is -0.888. The van der Waals surface area contributed by atoms with E-state index in [0.717, 1.165) is 30.4 Å². The molecule has 1 aliphatic rings. The SMILES string of the molecule is Nc1nc(Nc2cc(O)cc3c2CCC3)c(F)cc1C(N)N. The molecule has 3 rings (SSSR count). The number of nitrogens with two attached hydrogens (primary N) is 3. The molecule has 0 spiro atoms. The smallest absolute Gasteiger partial charge is 0.168 e. The number of nitrogens with zero attached hydrogens (tertiary/aromatic N) is 1. The van der Waals surface area contributed by atoms with Gasteiger partial charge in [-0.05, 0) is 42.5 Å². The lowest BCUT2D eigenvalue weighted by Gasteiger charge is -2.15. The zero-order valence-electron chi connectivity index (χ0n) is 11.9. The monoisotopic (exact) mass is 303 g/mol. The van der Waals surface area contributed by atoms with Crippen LogP contribution in [0.4, 0.5) is 21.7 Å². The molecule has 7 heteroatoms. The van der Waals surface area contributed by atoms with Gasteiger partial charge in [0.25, 0.3) is 0 Å². The molecule has 2 aromatic rings. The molecule has 22 heavy (non-hydrogen) atoms. The maximum Gasteiger partial charge on any atom is 0.168 e. The molecule has 0 unspecified atom stereocenters. The zero-order chi connectivity index (χ0) is 15.9. The first-order valence-corrected chi connectivity index (χ1v) is 7.04. The number of nitrogens with one attached hydrogen (secondary N) is 1. The standard InChI is InChI=1S/C15H18FN5O/c16-11-6-10(13(17)18)14(19)21-15(11)20-12-5-8(22)4-7-2-1-3-9(7)12/h4-6,13,22H,1-3,17-18H2,(H3,19,20,21). The van der Waals surface area contributed by atoms with Crippen LogP contribution in [0.5, 0.6) is 5.75 Å². The summed E-state index contributed by atoms with van der Waals surface area (Å²) in [6, 6.07) is 4.48. The summed E-state index contributed by atoms with van der Waals surface area (Å²) in [4.78, 5) is 3.99. The topological polar surface area (TPSA) is 123 Å². The van der Waals surface area contributed by atoms with Gasteiger partial charge in [-0.25, -0.2) is 9.37 Å². The highest BCUT2D eigenvalue weighted by atomic mass is 19.1. The third kappa shape index (κ3) is 2.56. The predicted molar refractivity (Wildman–Crippen MR) is 83.1 cm³/mol. The Kier molecular flexibility index (Phi) is 3.59. The van der Waals surface area contributed by atoms with Crippen molar-refractivity contribution in [2.75, 3.05) is 11.1 Å². The first-order chi connectivity index (χ1) is 10.5. The average Bonchev–Trinajstić information content (AvgIpc) is 2.90. The Morgan fingerprint density at radius 2 is 2.00 bits per heavy atom. The van der Waals surface area contributed by atoms with E-state index < -0.39 is 12.0 Å². The van der Waals surface area contributed by atoms with Crippen LogP contribution in [0.3, 0.4) is 0 Å². The minimum Gasteiger partial charge on any atom is -0.508 e. The Morgan fingerprint density at radius 3 is 2.73 bits per heavy atom. The van der Waals surface area contributed by atoms with Gasteiger partial charge in [-0.1, -0.05) is 0 Å². The number of fused-ring (bicyclic) bond motifs is 1. The van der Waals surface area contributed by atoms with Gasteiger partial charge in [-0.15, -0.1) is 0 Å². The van der Waals surface area contributed by atoms with Gasteiger partial charge in [0.15, 0.2) is 11.6 Å². The fraction of sp³-hybridized carbons (Fsp3) is 0.267. The molecule has 1 aromatic carbocycles. The molecule has 0 atom stereocenters. The van der Waals surface area contributed by atoms with Crippen LogP contribution in [-0.4, -0.2) is 10.1 Å². The van der Waals surface area contributed by atoms with Gasteiger partial charge in [0.2, 0.25) is 0 Å². The second-order valence-corrected chi connectivity index (χ2v) is 5.43. The lowest BCUT2D eigenvalue weighted by atomic mass is 10.1. The van der Waals surface area contributed by atoms with Crippen molar-refractivity contribution in [1.82, 2.24) is 4.98 Å². The van der Waals surface area contributed by atoms with Crippen LogP contribution in [0.2, 0.25) is 0 Å². The predicted octanol–water partition coefficient (Wildman–Crippen LogP) is 1.66. The molecule has 1 aliphatic carbocycles. The molecule has 0 radical (unpaired) electrons. The number of aromatic hydroxyl groups is 1. The summed E-state index contributed by atoms with van der Waals surface area (Å²) in [7, 11) is 0. The number of phenols is 1. The van der Waals surface area contributed by atoms with Crippen LogP contribution in [0.1, 0.15) is 29.3 Å². The number of aryl methyl sites for hydroxylation is 1. The van der Waals surface area contributed by atoms with Crippen molar-refractivity contribution in [3.05, 3.63) is 40.7 Å². The number of benzene rings is 1. The van der Waals surface area contributed by atoms with E-state index in [-0.39, 0.29) is 22.9 Å². The number of nitrogen functional groups attached to an aromatic ring is 1. The van der Waals surface area contributed by atoms with Crippen molar-refractivity contribution in [2.24, 2.45) is 11.5 Å². The fourth-order valence-electron chi connectivity index (χ4n) is 2.80. The largest absolute Gasteiger partial charge is 0.508 e. The molecule has 6 nitrogen and oxygen atoms in total. The molecule has 0 saturated carbocycles. The zero-order valence-corrected chi connectivity index (χ0v) is 11.9. The number of aromatic nitrogens is 1. The molecule has 116 valence electrons. The summed E-state index contributed by atoms with van der Waals surface area (Å²) in [5.41, 5.74) is 19.8. The third-order valence-electron chi connectivity index (χ3n) is 3.85. The van der Waals surface area contributed by atoms with Gasteiger partial charge in [0.1, 0.15) is 11.6 Å². The Bertz CT molecular complexity index is 732. The van der Waals surface area contributed by atoms with Crippen LogP contribution < -0.4 is 22.5 Å². The van der Waals surface area contributed by atoms with E-state index in [0.29, 0.717) is 5.69 Å². The second-order valence-electron chi connectivity index (χ2n) is 5.43. The summed E-state index contributed by atoms with van der Waals surface area (Å²) in [6.45, 7) is 0. The molecule has 0 fully saturated rings. The number of anilines is 3. The average molecular weight is 303 g/mol. The highest BCUT2D eigenvalue weighted by molar-refractivity contribution is 5.67. The van der Waals surface area contributed by atoms with Gasteiger partial charge in [0, 0.05) is 17.3 Å². The molecule has 0 amide bonds. The summed E-state index contributed by atoms with van der Waals surface area (Å²) in [5.74, 6) is -0.394. The maximum atomic E-state index is 14.2. The van der Waals surface area contributed by atoms with E-state index in [4.69, 9.17) is 17.2 Å². The lowest BCUT2D eigenvalue weighted by Crippen LogP contribution is -2.22. The van der Waals surface area contributed by atoms with Crippen LogP contribution in [0, 0.1) is 5.82 Å². The van der Waals surface area contributed by atoms with E-state index in [9.17, 15) is 9.50 Å². The second kappa shape index (κ2) is 5.43. The van der Waals surface area contributed by atoms with Crippen molar-refractivity contribution in [1.29, 1.82) is 0 Å². The van der Waals surface area contributed by atoms with Crippen molar-refractivity contribution in [2.45, 2.75) is 25.4 Å². The van der Waals surface area contributed by atoms with Gasteiger partial charge in [0.05, 0.1) is 6.17 Å². The van der Waals surface area contributed by atoms with E-state index in [2.05, 4.69) is 10.3 Å². The van der Waals surface area contributed by atoms with Crippen LogP contribution >= 0.6 is 0 Å². The van der Waals surface area contributed by atoms with Crippen molar-refractivity contribution >= 4 is 17.3 Å². The Hall–Kier alpha value is -2.38. The first-order valence-electron chi connectivity index (χ1n) is 7.04. The lowest BCUT2D eigenvalue weighted by molar-refractivity contribution is 0.475. The van der Waals surface area contributed by atoms with Crippen molar-refractivity contribution < 1.29 is 9.50 Å². The number of halogens is 1. The molecular weight excluding hydrogens is 285 g/mol. The molecule has 1 heterocycles. The number of phenolic OH excluding ortho intramolecular Hbond substituents is 1. The van der Waals surface area contributed by atoms with E-state index in [1.165, 1.54) is 6.07 Å². The maximum absolute atomic E-state index is 14.2. The van der Waals surface area contributed by atoms with E-state index in [1.54, 1.807) is 12.1 Å². The Labute approximate surface area is 127 Å². The molecule has 0 aliphatic heterocycles. The molecule has 0 bridgehead atoms. The summed E-state index contributed by atoms with van der Waals surface area (Å²) < 4.78 is 14.2. The number of rotatable bonds is 3. The number of hydrogen-bond donors (Lipinski definition) is 5. The number of pyridine rings is 1. The van der Waals surface area contributed by atoms with Gasteiger partial charge >= 0.3 is 0 Å². The summed E-state index contributed by atoms with van der Waals surface area (Å²) in [5, 5.41) is 12.7. The number of hydrogen-bond acceptors (Lipinski definition) is 6. The Morgan fingerprint density at radius 1 is 1.23 bits per heavy atom.